The molecule has 0 aromatic heterocycles. The molecule has 3 saturated carbocycles. The molecule has 0 nitrogen and oxygen atoms in total. The molecule has 0 aromatic rings. The lowest BCUT2D eigenvalue weighted by Gasteiger charge is -2.22. The molecule has 0 aliphatic heterocycles. The lowest BCUT2D eigenvalue weighted by atomic mass is 9.84. The van der Waals surface area contributed by atoms with E-state index >= 15 is 0 Å². The number of rotatable bonds is 9. The highest BCUT2D eigenvalue weighted by Crippen LogP contribution is 2.37. The van der Waals surface area contributed by atoms with Gasteiger partial charge in [0.25, 0.3) is 0 Å². The average Bonchev–Trinajstić information content (AvgIpc) is 3.29. The van der Waals surface area contributed by atoms with Crippen molar-refractivity contribution in [3.05, 3.63) is 0 Å². The van der Waals surface area contributed by atoms with Gasteiger partial charge in [0.2, 0.25) is 0 Å². The maximum absolute atomic E-state index is 1.57. The lowest BCUT2D eigenvalue weighted by molar-refractivity contribution is 0.305. The molecule has 0 amide bonds. The third-order valence-corrected chi connectivity index (χ3v) is 7.37. The van der Waals surface area contributed by atoms with Gasteiger partial charge in [-0.05, 0) is 23.7 Å². The molecule has 0 atom stereocenters. The summed E-state index contributed by atoms with van der Waals surface area (Å²) in [5.41, 5.74) is 0. The fourth-order valence-electron chi connectivity index (χ4n) is 5.74. The molecule has 3 rings (SSSR count). The Morgan fingerprint density at radius 2 is 0.727 bits per heavy atom. The number of hydrogen-bond acceptors (Lipinski definition) is 0. The zero-order valence-corrected chi connectivity index (χ0v) is 15.0. The first kappa shape index (κ1) is 16.8. The second-order valence-corrected chi connectivity index (χ2v) is 9.05. The Morgan fingerprint density at radius 1 is 0.455 bits per heavy atom. The fourth-order valence-corrected chi connectivity index (χ4v) is 5.74. The summed E-state index contributed by atoms with van der Waals surface area (Å²) in [6.07, 6.45) is 27.9. The maximum atomic E-state index is 1.57. The van der Waals surface area contributed by atoms with Crippen LogP contribution in [0.25, 0.3) is 0 Å². The largest absolute Gasteiger partial charge is 0.0530 e. The molecule has 0 radical (unpaired) electrons. The van der Waals surface area contributed by atoms with E-state index in [2.05, 4.69) is 0 Å². The highest BCUT2D eigenvalue weighted by molar-refractivity contribution is 4.75. The summed E-state index contributed by atoms with van der Waals surface area (Å²) in [5, 5.41) is 0. The van der Waals surface area contributed by atoms with Gasteiger partial charge < -0.3 is 0 Å². The molecule has 0 unspecified atom stereocenters. The van der Waals surface area contributed by atoms with Crippen molar-refractivity contribution in [3.63, 3.8) is 0 Å². The van der Waals surface area contributed by atoms with Crippen molar-refractivity contribution in [1.29, 1.82) is 0 Å². The van der Waals surface area contributed by atoms with E-state index in [1.807, 2.05) is 0 Å². The van der Waals surface area contributed by atoms with Crippen LogP contribution in [0.4, 0.5) is 0 Å². The Labute approximate surface area is 139 Å². The van der Waals surface area contributed by atoms with Gasteiger partial charge >= 0.3 is 0 Å². The van der Waals surface area contributed by atoms with E-state index in [1.54, 1.807) is 77.0 Å². The van der Waals surface area contributed by atoms with Crippen LogP contribution in [-0.4, -0.2) is 0 Å². The van der Waals surface area contributed by atoms with E-state index in [0.717, 1.165) is 23.7 Å². The molecule has 3 aliphatic carbocycles. The molecule has 0 saturated heterocycles. The van der Waals surface area contributed by atoms with Crippen molar-refractivity contribution in [2.45, 2.75) is 116 Å². The Morgan fingerprint density at radius 3 is 1.00 bits per heavy atom. The Kier molecular flexibility index (Phi) is 7.15. The summed E-state index contributed by atoms with van der Waals surface area (Å²) in [4.78, 5) is 0. The molecule has 0 bridgehead atoms. The van der Waals surface area contributed by atoms with E-state index in [-0.39, 0.29) is 0 Å². The van der Waals surface area contributed by atoms with Crippen LogP contribution in [0.1, 0.15) is 116 Å². The van der Waals surface area contributed by atoms with E-state index in [4.69, 9.17) is 0 Å². The molecule has 3 aliphatic rings. The SMILES string of the molecule is C1CCC(CCC(CCC2CCCC2)CCC2CCCC2)C1. The van der Waals surface area contributed by atoms with Gasteiger partial charge in [-0.2, -0.15) is 0 Å². The topological polar surface area (TPSA) is 0 Å². The molecule has 22 heavy (non-hydrogen) atoms. The zero-order valence-electron chi connectivity index (χ0n) is 15.0. The van der Waals surface area contributed by atoms with Crippen LogP contribution < -0.4 is 0 Å². The first-order valence-corrected chi connectivity index (χ1v) is 10.9. The molecule has 0 N–H and O–H groups in total. The minimum atomic E-state index is 1.08. The average molecular weight is 305 g/mol. The van der Waals surface area contributed by atoms with Crippen LogP contribution in [-0.2, 0) is 0 Å². The van der Waals surface area contributed by atoms with Crippen LogP contribution in [0, 0.1) is 23.7 Å². The third kappa shape index (κ3) is 5.57. The van der Waals surface area contributed by atoms with E-state index in [0.29, 0.717) is 0 Å². The van der Waals surface area contributed by atoms with Gasteiger partial charge in [-0.3, -0.25) is 0 Å². The first-order valence-electron chi connectivity index (χ1n) is 10.9. The molecular weight excluding hydrogens is 264 g/mol. The summed E-state index contributed by atoms with van der Waals surface area (Å²) < 4.78 is 0. The smallest absolute Gasteiger partial charge is 0.0414 e. The van der Waals surface area contributed by atoms with Crippen LogP contribution in [0.2, 0.25) is 0 Å². The van der Waals surface area contributed by atoms with Gasteiger partial charge in [0.1, 0.15) is 0 Å². The Balaban J connectivity index is 1.38. The van der Waals surface area contributed by atoms with Crippen LogP contribution >= 0.6 is 0 Å². The van der Waals surface area contributed by atoms with Crippen LogP contribution in [0.15, 0.2) is 0 Å². The summed E-state index contributed by atoms with van der Waals surface area (Å²) in [5.74, 6) is 4.42. The molecular formula is C22H40. The Bertz CT molecular complexity index is 229. The van der Waals surface area contributed by atoms with Crippen molar-refractivity contribution < 1.29 is 0 Å². The molecule has 3 fully saturated rings. The molecule has 128 valence electrons. The van der Waals surface area contributed by atoms with Crippen molar-refractivity contribution in [1.82, 2.24) is 0 Å². The predicted molar refractivity (Wildman–Crippen MR) is 97.1 cm³/mol. The molecule has 0 aromatic carbocycles. The quantitative estimate of drug-likeness (QED) is 0.413. The normalized spacial score (nSPS) is 25.0. The van der Waals surface area contributed by atoms with Crippen LogP contribution in [0.3, 0.4) is 0 Å². The predicted octanol–water partition coefficient (Wildman–Crippen LogP) is 7.51. The second kappa shape index (κ2) is 9.33. The summed E-state index contributed by atoms with van der Waals surface area (Å²) in [6.45, 7) is 0. The summed E-state index contributed by atoms with van der Waals surface area (Å²) in [6, 6.07) is 0. The summed E-state index contributed by atoms with van der Waals surface area (Å²) >= 11 is 0. The standard InChI is InChI=1S/C22H40/c1-2-8-19(7-1)13-16-22(17-14-20-9-3-4-10-20)18-15-21-11-5-6-12-21/h19-22H,1-18H2. The van der Waals surface area contributed by atoms with Crippen molar-refractivity contribution in [2.75, 3.05) is 0 Å². The van der Waals surface area contributed by atoms with Gasteiger partial charge in [-0.15, -0.1) is 0 Å². The minimum absolute atomic E-state index is 1.08. The lowest BCUT2D eigenvalue weighted by Crippen LogP contribution is -2.08. The van der Waals surface area contributed by atoms with Gasteiger partial charge in [-0.25, -0.2) is 0 Å². The van der Waals surface area contributed by atoms with Gasteiger partial charge in [0.15, 0.2) is 0 Å². The van der Waals surface area contributed by atoms with E-state index in [9.17, 15) is 0 Å². The van der Waals surface area contributed by atoms with Gasteiger partial charge in [-0.1, -0.05) is 116 Å². The van der Waals surface area contributed by atoms with E-state index in [1.165, 1.54) is 38.5 Å². The second-order valence-electron chi connectivity index (χ2n) is 9.05. The van der Waals surface area contributed by atoms with Crippen LogP contribution in [0.5, 0.6) is 0 Å². The highest BCUT2D eigenvalue weighted by atomic mass is 14.3. The van der Waals surface area contributed by atoms with Crippen molar-refractivity contribution in [2.24, 2.45) is 23.7 Å². The van der Waals surface area contributed by atoms with Gasteiger partial charge in [0.05, 0.1) is 0 Å². The molecule has 0 heteroatoms. The van der Waals surface area contributed by atoms with Gasteiger partial charge in [0, 0.05) is 0 Å². The molecule has 0 spiro atoms. The highest BCUT2D eigenvalue weighted by Gasteiger charge is 2.22. The van der Waals surface area contributed by atoms with E-state index < -0.39 is 0 Å². The maximum Gasteiger partial charge on any atom is -0.0414 e. The van der Waals surface area contributed by atoms with Crippen molar-refractivity contribution >= 4 is 0 Å². The first-order chi connectivity index (χ1) is 10.9. The fraction of sp³-hybridized carbons (Fsp3) is 1.00. The Hall–Kier alpha value is 0. The molecule has 0 heterocycles. The third-order valence-electron chi connectivity index (χ3n) is 7.37. The monoisotopic (exact) mass is 304 g/mol. The zero-order chi connectivity index (χ0) is 15.0. The number of hydrogen-bond donors (Lipinski definition) is 0. The van der Waals surface area contributed by atoms with Crippen molar-refractivity contribution in [3.8, 4) is 0 Å². The summed E-state index contributed by atoms with van der Waals surface area (Å²) in [7, 11) is 0. The minimum Gasteiger partial charge on any atom is -0.0530 e.